The van der Waals surface area contributed by atoms with Crippen LogP contribution in [0, 0.1) is 0 Å². The fraction of sp³-hybridized carbons (Fsp3) is 0.556. The molecule has 1 aliphatic heterocycles. The van der Waals surface area contributed by atoms with Crippen LogP contribution in [0.3, 0.4) is 0 Å². The Morgan fingerprint density at radius 3 is 2.88 bits per heavy atom. The second kappa shape index (κ2) is 6.71. The molecule has 1 aliphatic rings. The van der Waals surface area contributed by atoms with E-state index in [9.17, 15) is 4.79 Å². The molecule has 24 heavy (non-hydrogen) atoms. The number of hydrogen-bond acceptors (Lipinski definition) is 5. The third kappa shape index (κ3) is 3.63. The van der Waals surface area contributed by atoms with E-state index in [1.54, 1.807) is 6.20 Å². The minimum Gasteiger partial charge on any atom is -0.339 e. The van der Waals surface area contributed by atoms with E-state index in [1.807, 2.05) is 43.9 Å². The van der Waals surface area contributed by atoms with E-state index < -0.39 is 0 Å². The number of aryl methyl sites for hydroxylation is 1. The lowest BCUT2D eigenvalue weighted by molar-refractivity contribution is -0.132. The van der Waals surface area contributed by atoms with E-state index >= 15 is 0 Å². The first kappa shape index (κ1) is 16.6. The predicted molar refractivity (Wildman–Crippen MR) is 89.2 cm³/mol. The molecule has 0 saturated carbocycles. The van der Waals surface area contributed by atoms with Crippen molar-refractivity contribution in [1.82, 2.24) is 20.0 Å². The van der Waals surface area contributed by atoms with Crippen molar-refractivity contribution in [3.63, 3.8) is 0 Å². The van der Waals surface area contributed by atoms with Gasteiger partial charge in [-0.3, -0.25) is 9.78 Å². The first-order valence-corrected chi connectivity index (χ1v) is 8.48. The van der Waals surface area contributed by atoms with Gasteiger partial charge in [0.15, 0.2) is 5.82 Å². The molecule has 6 heteroatoms. The highest BCUT2D eigenvalue weighted by Crippen LogP contribution is 2.31. The Morgan fingerprint density at radius 2 is 2.21 bits per heavy atom. The highest BCUT2D eigenvalue weighted by molar-refractivity contribution is 5.77. The number of likely N-dealkylation sites (tertiary alicyclic amines) is 1. The summed E-state index contributed by atoms with van der Waals surface area (Å²) < 4.78 is 5.27. The SMILES string of the molecule is CC(C)(C)c1noc(CCC(=O)N2CCC[C@@H]2c2ccccn2)n1. The molecule has 1 atom stereocenters. The third-order valence-electron chi connectivity index (χ3n) is 4.29. The molecule has 1 amide bonds. The molecule has 128 valence electrons. The summed E-state index contributed by atoms with van der Waals surface area (Å²) in [5.41, 5.74) is 0.821. The van der Waals surface area contributed by atoms with Crippen molar-refractivity contribution in [3.05, 3.63) is 41.8 Å². The zero-order valence-electron chi connectivity index (χ0n) is 14.5. The van der Waals surface area contributed by atoms with Gasteiger partial charge in [0.25, 0.3) is 0 Å². The second-order valence-electron chi connectivity index (χ2n) is 7.26. The Balaban J connectivity index is 1.61. The lowest BCUT2D eigenvalue weighted by Gasteiger charge is -2.24. The number of pyridine rings is 1. The fourth-order valence-electron chi connectivity index (χ4n) is 2.96. The van der Waals surface area contributed by atoms with Gasteiger partial charge in [-0.2, -0.15) is 4.98 Å². The lowest BCUT2D eigenvalue weighted by Crippen LogP contribution is -2.31. The van der Waals surface area contributed by atoms with E-state index in [1.165, 1.54) is 0 Å². The van der Waals surface area contributed by atoms with Crippen LogP contribution in [0.5, 0.6) is 0 Å². The van der Waals surface area contributed by atoms with Gasteiger partial charge in [-0.1, -0.05) is 32.0 Å². The number of carbonyl (C=O) groups excluding carboxylic acids is 1. The van der Waals surface area contributed by atoms with Gasteiger partial charge >= 0.3 is 0 Å². The van der Waals surface area contributed by atoms with Gasteiger partial charge in [0.2, 0.25) is 11.8 Å². The Hall–Kier alpha value is -2.24. The lowest BCUT2D eigenvalue weighted by atomic mass is 9.96. The van der Waals surface area contributed by atoms with Crippen LogP contribution < -0.4 is 0 Å². The molecule has 0 unspecified atom stereocenters. The maximum absolute atomic E-state index is 12.6. The van der Waals surface area contributed by atoms with Crippen molar-refractivity contribution in [3.8, 4) is 0 Å². The molecule has 2 aromatic heterocycles. The van der Waals surface area contributed by atoms with Gasteiger partial charge in [0, 0.05) is 31.0 Å². The zero-order chi connectivity index (χ0) is 17.2. The number of nitrogens with zero attached hydrogens (tertiary/aromatic N) is 4. The summed E-state index contributed by atoms with van der Waals surface area (Å²) in [7, 11) is 0. The van der Waals surface area contributed by atoms with Crippen LogP contribution in [0.2, 0.25) is 0 Å². The van der Waals surface area contributed by atoms with Gasteiger partial charge in [0.1, 0.15) is 0 Å². The van der Waals surface area contributed by atoms with Crippen LogP contribution in [0.4, 0.5) is 0 Å². The molecule has 0 radical (unpaired) electrons. The topological polar surface area (TPSA) is 72.1 Å². The Kier molecular flexibility index (Phi) is 4.64. The molecule has 3 rings (SSSR count). The Labute approximate surface area is 142 Å². The van der Waals surface area contributed by atoms with Crippen molar-refractivity contribution >= 4 is 5.91 Å². The number of hydrogen-bond donors (Lipinski definition) is 0. The summed E-state index contributed by atoms with van der Waals surface area (Å²) in [5.74, 6) is 1.33. The van der Waals surface area contributed by atoms with Crippen molar-refractivity contribution in [2.75, 3.05) is 6.54 Å². The molecule has 0 bridgehead atoms. The maximum atomic E-state index is 12.6. The van der Waals surface area contributed by atoms with Gasteiger partial charge in [0.05, 0.1) is 11.7 Å². The van der Waals surface area contributed by atoms with Crippen molar-refractivity contribution in [1.29, 1.82) is 0 Å². The van der Waals surface area contributed by atoms with Gasteiger partial charge in [-0.15, -0.1) is 0 Å². The van der Waals surface area contributed by atoms with Gasteiger partial charge in [-0.25, -0.2) is 0 Å². The monoisotopic (exact) mass is 328 g/mol. The summed E-state index contributed by atoms with van der Waals surface area (Å²) in [4.78, 5) is 23.4. The highest BCUT2D eigenvalue weighted by Gasteiger charge is 2.30. The van der Waals surface area contributed by atoms with Crippen molar-refractivity contribution in [2.45, 2.75) is 57.9 Å². The highest BCUT2D eigenvalue weighted by atomic mass is 16.5. The maximum Gasteiger partial charge on any atom is 0.227 e. The molecule has 0 aliphatic carbocycles. The summed E-state index contributed by atoms with van der Waals surface area (Å²) in [5, 5.41) is 4.00. The molecule has 0 N–H and O–H groups in total. The molecule has 1 fully saturated rings. The normalized spacial score (nSPS) is 18.1. The summed E-state index contributed by atoms with van der Waals surface area (Å²) >= 11 is 0. The van der Waals surface area contributed by atoms with E-state index in [4.69, 9.17) is 4.52 Å². The standard InChI is InChI=1S/C18H24N4O2/c1-18(2,3)17-20-15(24-21-17)9-10-16(23)22-12-6-8-14(22)13-7-4-5-11-19-13/h4-5,7,11,14H,6,8-10,12H2,1-3H3/t14-/m1/s1. The first-order chi connectivity index (χ1) is 11.4. The summed E-state index contributed by atoms with van der Waals surface area (Å²) in [6.07, 6.45) is 4.63. The molecular weight excluding hydrogens is 304 g/mol. The summed E-state index contributed by atoms with van der Waals surface area (Å²) in [6, 6.07) is 5.94. The zero-order valence-corrected chi connectivity index (χ0v) is 14.5. The summed E-state index contributed by atoms with van der Waals surface area (Å²) in [6.45, 7) is 6.90. The van der Waals surface area contributed by atoms with E-state index in [2.05, 4.69) is 15.1 Å². The largest absolute Gasteiger partial charge is 0.339 e. The number of carbonyl (C=O) groups is 1. The number of aromatic nitrogens is 3. The van der Waals surface area contributed by atoms with E-state index in [0.717, 1.165) is 25.1 Å². The quantitative estimate of drug-likeness (QED) is 0.862. The van der Waals surface area contributed by atoms with Crippen LogP contribution in [0.1, 0.15) is 63.5 Å². The second-order valence-corrected chi connectivity index (χ2v) is 7.26. The molecule has 0 aromatic carbocycles. The average molecular weight is 328 g/mol. The molecule has 1 saturated heterocycles. The van der Waals surface area contributed by atoms with E-state index in [-0.39, 0.29) is 17.4 Å². The fourth-order valence-corrected chi connectivity index (χ4v) is 2.96. The average Bonchev–Trinajstić information content (AvgIpc) is 3.22. The molecule has 2 aromatic rings. The predicted octanol–water partition coefficient (Wildman–Crippen LogP) is 3.06. The molecular formula is C18H24N4O2. The molecule has 3 heterocycles. The Bertz CT molecular complexity index is 691. The van der Waals surface area contributed by atoms with Gasteiger partial charge in [-0.05, 0) is 25.0 Å². The van der Waals surface area contributed by atoms with Crippen LogP contribution in [-0.2, 0) is 16.6 Å². The Morgan fingerprint density at radius 1 is 1.38 bits per heavy atom. The van der Waals surface area contributed by atoms with Crippen molar-refractivity contribution < 1.29 is 9.32 Å². The molecule has 0 spiro atoms. The third-order valence-corrected chi connectivity index (χ3v) is 4.29. The van der Waals surface area contributed by atoms with Crippen LogP contribution in [0.15, 0.2) is 28.9 Å². The number of amides is 1. The first-order valence-electron chi connectivity index (χ1n) is 8.48. The minimum absolute atomic E-state index is 0.0894. The van der Waals surface area contributed by atoms with Crippen molar-refractivity contribution in [2.24, 2.45) is 0 Å². The van der Waals surface area contributed by atoms with Gasteiger partial charge < -0.3 is 9.42 Å². The smallest absolute Gasteiger partial charge is 0.227 e. The minimum atomic E-state index is -0.148. The van der Waals surface area contributed by atoms with Crippen LogP contribution >= 0.6 is 0 Å². The van der Waals surface area contributed by atoms with E-state index in [0.29, 0.717) is 24.6 Å². The van der Waals surface area contributed by atoms with Crippen LogP contribution in [-0.4, -0.2) is 32.5 Å². The van der Waals surface area contributed by atoms with Crippen LogP contribution in [0.25, 0.3) is 0 Å². The molecule has 6 nitrogen and oxygen atoms in total. The number of rotatable bonds is 4.